The fourth-order valence-corrected chi connectivity index (χ4v) is 1.43. The summed E-state index contributed by atoms with van der Waals surface area (Å²) in [5.74, 6) is 0. The number of hydrogen-bond donors (Lipinski definition) is 0. The smallest absolute Gasteiger partial charge is 0.256 e. The van der Waals surface area contributed by atoms with E-state index in [9.17, 15) is 13.2 Å². The van der Waals surface area contributed by atoms with Crippen LogP contribution < -0.4 is 5.46 Å². The topological polar surface area (TPSA) is 12.9 Å². The van der Waals surface area contributed by atoms with Crippen LogP contribution in [0.25, 0.3) is 10.9 Å². The van der Waals surface area contributed by atoms with Gasteiger partial charge in [0.1, 0.15) is 7.85 Å². The predicted octanol–water partition coefficient (Wildman–Crippen LogP) is 2.05. The van der Waals surface area contributed by atoms with Gasteiger partial charge in [0.25, 0.3) is 0 Å². The van der Waals surface area contributed by atoms with Crippen LogP contribution in [0.4, 0.5) is 13.2 Å². The van der Waals surface area contributed by atoms with Crippen molar-refractivity contribution < 1.29 is 13.2 Å². The minimum Gasteiger partial charge on any atom is -0.256 e. The molecule has 1 heterocycles. The van der Waals surface area contributed by atoms with E-state index in [1.165, 1.54) is 24.4 Å². The standard InChI is InChI=1S/C10H5BF3N/c11-8-4-5-15-9-6(8)2-1-3-7(9)10(12,13)14/h1-5H. The van der Waals surface area contributed by atoms with Crippen LogP contribution >= 0.6 is 0 Å². The van der Waals surface area contributed by atoms with Crippen molar-refractivity contribution in [3.63, 3.8) is 0 Å². The van der Waals surface area contributed by atoms with E-state index in [2.05, 4.69) is 4.98 Å². The van der Waals surface area contributed by atoms with Crippen molar-refractivity contribution in [2.45, 2.75) is 6.18 Å². The van der Waals surface area contributed by atoms with Gasteiger partial charge in [0.15, 0.2) is 0 Å². The lowest BCUT2D eigenvalue weighted by Crippen LogP contribution is -2.10. The largest absolute Gasteiger partial charge is 0.418 e. The summed E-state index contributed by atoms with van der Waals surface area (Å²) in [5, 5.41) is 0.326. The van der Waals surface area contributed by atoms with Gasteiger partial charge in [0.05, 0.1) is 11.1 Å². The third-order valence-electron chi connectivity index (χ3n) is 2.11. The Labute approximate surface area is 85.3 Å². The molecular weight excluding hydrogens is 202 g/mol. The molecule has 2 radical (unpaired) electrons. The third-order valence-corrected chi connectivity index (χ3v) is 2.11. The maximum Gasteiger partial charge on any atom is 0.418 e. The van der Waals surface area contributed by atoms with E-state index >= 15 is 0 Å². The summed E-state index contributed by atoms with van der Waals surface area (Å²) >= 11 is 0. The van der Waals surface area contributed by atoms with E-state index in [4.69, 9.17) is 7.85 Å². The van der Waals surface area contributed by atoms with E-state index in [1.54, 1.807) is 0 Å². The second-order valence-electron chi connectivity index (χ2n) is 3.10. The number of pyridine rings is 1. The third kappa shape index (κ3) is 1.69. The van der Waals surface area contributed by atoms with Gasteiger partial charge in [-0.2, -0.15) is 13.2 Å². The molecule has 1 aromatic carbocycles. The van der Waals surface area contributed by atoms with Gasteiger partial charge in [-0.05, 0) is 11.5 Å². The molecular formula is C10H5BF3N. The van der Waals surface area contributed by atoms with Crippen molar-refractivity contribution in [3.8, 4) is 0 Å². The Hall–Kier alpha value is -1.52. The Morgan fingerprint density at radius 1 is 1.13 bits per heavy atom. The lowest BCUT2D eigenvalue weighted by atomic mass is 9.91. The Morgan fingerprint density at radius 3 is 2.53 bits per heavy atom. The van der Waals surface area contributed by atoms with Crippen molar-refractivity contribution in [2.75, 3.05) is 0 Å². The highest BCUT2D eigenvalue weighted by atomic mass is 19.4. The molecule has 0 amide bonds. The number of rotatable bonds is 0. The van der Waals surface area contributed by atoms with Crippen LogP contribution in [0.2, 0.25) is 0 Å². The van der Waals surface area contributed by atoms with Crippen molar-refractivity contribution in [1.29, 1.82) is 0 Å². The van der Waals surface area contributed by atoms with Gasteiger partial charge in [0, 0.05) is 6.20 Å². The second-order valence-corrected chi connectivity index (χ2v) is 3.10. The summed E-state index contributed by atoms with van der Waals surface area (Å²) in [4.78, 5) is 3.71. The van der Waals surface area contributed by atoms with Crippen LogP contribution in [-0.4, -0.2) is 12.8 Å². The van der Waals surface area contributed by atoms with Gasteiger partial charge in [-0.15, -0.1) is 0 Å². The Morgan fingerprint density at radius 2 is 1.87 bits per heavy atom. The zero-order valence-electron chi connectivity index (χ0n) is 7.55. The van der Waals surface area contributed by atoms with Crippen LogP contribution in [0.3, 0.4) is 0 Å². The second kappa shape index (κ2) is 3.26. The highest BCUT2D eigenvalue weighted by Gasteiger charge is 2.32. The first-order valence-electron chi connectivity index (χ1n) is 4.20. The van der Waals surface area contributed by atoms with Gasteiger partial charge in [-0.1, -0.05) is 23.7 Å². The van der Waals surface area contributed by atoms with Crippen molar-refractivity contribution in [1.82, 2.24) is 4.98 Å². The average Bonchev–Trinajstić information content (AvgIpc) is 2.16. The maximum absolute atomic E-state index is 12.6. The van der Waals surface area contributed by atoms with E-state index in [0.29, 0.717) is 10.8 Å². The zero-order valence-corrected chi connectivity index (χ0v) is 7.55. The van der Waals surface area contributed by atoms with Gasteiger partial charge >= 0.3 is 6.18 Å². The highest BCUT2D eigenvalue weighted by molar-refractivity contribution is 6.38. The molecule has 15 heavy (non-hydrogen) atoms. The molecule has 0 bridgehead atoms. The minimum absolute atomic E-state index is 0.106. The molecule has 2 rings (SSSR count). The first-order valence-corrected chi connectivity index (χ1v) is 4.20. The molecule has 0 saturated heterocycles. The zero-order chi connectivity index (χ0) is 11.1. The summed E-state index contributed by atoms with van der Waals surface area (Å²) in [7, 11) is 5.56. The number of alkyl halides is 3. The molecule has 74 valence electrons. The van der Waals surface area contributed by atoms with Crippen LogP contribution in [-0.2, 0) is 6.18 Å². The molecule has 0 aliphatic rings. The lowest BCUT2D eigenvalue weighted by molar-refractivity contribution is -0.136. The summed E-state index contributed by atoms with van der Waals surface area (Å²) in [6.07, 6.45) is -3.13. The summed E-state index contributed by atoms with van der Waals surface area (Å²) in [6, 6.07) is 5.31. The number of halogens is 3. The summed E-state index contributed by atoms with van der Waals surface area (Å²) in [5.41, 5.74) is -0.566. The fourth-order valence-electron chi connectivity index (χ4n) is 1.43. The first-order chi connectivity index (χ1) is 7.00. The monoisotopic (exact) mass is 207 g/mol. The molecule has 0 saturated carbocycles. The molecule has 1 nitrogen and oxygen atoms in total. The SMILES string of the molecule is [B]c1ccnc2c(C(F)(F)F)cccc12. The van der Waals surface area contributed by atoms with Gasteiger partial charge in [-0.3, -0.25) is 4.98 Å². The molecule has 5 heteroatoms. The Kier molecular flexibility index (Phi) is 2.18. The molecule has 0 atom stereocenters. The predicted molar refractivity (Wildman–Crippen MR) is 52.1 cm³/mol. The molecule has 0 spiro atoms. The molecule has 0 N–H and O–H groups in total. The number of benzene rings is 1. The quantitative estimate of drug-likeness (QED) is 0.602. The van der Waals surface area contributed by atoms with Gasteiger partial charge < -0.3 is 0 Å². The molecule has 0 aliphatic carbocycles. The average molecular weight is 207 g/mol. The van der Waals surface area contributed by atoms with E-state index in [1.807, 2.05) is 0 Å². The molecule has 0 unspecified atom stereocenters. The number of fused-ring (bicyclic) bond motifs is 1. The van der Waals surface area contributed by atoms with E-state index in [0.717, 1.165) is 6.07 Å². The Balaban J connectivity index is 2.83. The van der Waals surface area contributed by atoms with Crippen molar-refractivity contribution >= 4 is 24.2 Å². The van der Waals surface area contributed by atoms with Crippen LogP contribution in [0.1, 0.15) is 5.56 Å². The summed E-state index contributed by atoms with van der Waals surface area (Å²) < 4.78 is 37.7. The minimum atomic E-state index is -4.40. The van der Waals surface area contributed by atoms with E-state index < -0.39 is 11.7 Å². The normalized spacial score (nSPS) is 11.9. The van der Waals surface area contributed by atoms with Gasteiger partial charge in [-0.25, -0.2) is 0 Å². The number of hydrogen-bond acceptors (Lipinski definition) is 1. The number of aromatic nitrogens is 1. The number of nitrogens with zero attached hydrogens (tertiary/aromatic N) is 1. The summed E-state index contributed by atoms with van der Waals surface area (Å²) in [6.45, 7) is 0. The molecule has 2 aromatic rings. The molecule has 0 fully saturated rings. The van der Waals surface area contributed by atoms with Crippen LogP contribution in [0.5, 0.6) is 0 Å². The van der Waals surface area contributed by atoms with Crippen LogP contribution in [0, 0.1) is 0 Å². The first kappa shape index (κ1) is 10.0. The van der Waals surface area contributed by atoms with Crippen LogP contribution in [0.15, 0.2) is 30.5 Å². The maximum atomic E-state index is 12.6. The van der Waals surface area contributed by atoms with Gasteiger partial charge in [0.2, 0.25) is 0 Å². The Bertz CT molecular complexity index is 507. The molecule has 0 aliphatic heterocycles. The highest BCUT2D eigenvalue weighted by Crippen LogP contribution is 2.32. The van der Waals surface area contributed by atoms with Crippen molar-refractivity contribution in [2.24, 2.45) is 0 Å². The number of para-hydroxylation sites is 1. The lowest BCUT2D eigenvalue weighted by Gasteiger charge is -2.10. The van der Waals surface area contributed by atoms with E-state index in [-0.39, 0.29) is 5.52 Å². The van der Waals surface area contributed by atoms with Crippen molar-refractivity contribution in [3.05, 3.63) is 36.0 Å². The fraction of sp³-hybridized carbons (Fsp3) is 0.100. The molecule has 1 aromatic heterocycles.